The summed E-state index contributed by atoms with van der Waals surface area (Å²) in [7, 11) is 0. The van der Waals surface area contributed by atoms with Crippen LogP contribution in [0.1, 0.15) is 46.5 Å². The van der Waals surface area contributed by atoms with Gasteiger partial charge in [0.25, 0.3) is 5.56 Å². The molecule has 0 aliphatic carbocycles. The van der Waals surface area contributed by atoms with Crippen LogP contribution in [0.25, 0.3) is 16.7 Å². The Bertz CT molecular complexity index is 1210. The molecule has 188 valence electrons. The number of piperidine rings is 2. The van der Waals surface area contributed by atoms with Crippen LogP contribution in [0.4, 0.5) is 14.7 Å². The molecule has 4 heterocycles. The summed E-state index contributed by atoms with van der Waals surface area (Å²) in [5, 5.41) is 0.507. The second-order valence-corrected chi connectivity index (χ2v) is 9.42. The Kier molecular flexibility index (Phi) is 8.02. The minimum Gasteiger partial charge on any atom is -0.341 e. The Hall–Kier alpha value is -2.58. The van der Waals surface area contributed by atoms with Gasteiger partial charge in [0.15, 0.2) is 5.65 Å². The molecule has 1 aromatic carbocycles. The molecule has 6 nitrogen and oxygen atoms in total. The van der Waals surface area contributed by atoms with Crippen LogP contribution in [-0.2, 0) is 0 Å². The summed E-state index contributed by atoms with van der Waals surface area (Å²) in [6, 6.07) is 6.72. The van der Waals surface area contributed by atoms with E-state index >= 15 is 0 Å². The van der Waals surface area contributed by atoms with E-state index in [-0.39, 0.29) is 10.8 Å². The number of hydrogen-bond acceptors (Lipinski definition) is 5. The number of aromatic nitrogens is 3. The molecule has 2 aliphatic rings. The van der Waals surface area contributed by atoms with Crippen molar-refractivity contribution in [1.82, 2.24) is 19.4 Å². The average Bonchev–Trinajstić information content (AvgIpc) is 2.87. The van der Waals surface area contributed by atoms with Crippen molar-refractivity contribution in [2.75, 3.05) is 31.1 Å². The van der Waals surface area contributed by atoms with Gasteiger partial charge in [-0.15, -0.1) is 0 Å². The van der Waals surface area contributed by atoms with Gasteiger partial charge in [0, 0.05) is 25.2 Å². The molecule has 35 heavy (non-hydrogen) atoms. The van der Waals surface area contributed by atoms with Crippen molar-refractivity contribution in [3.8, 4) is 5.69 Å². The lowest BCUT2D eigenvalue weighted by Crippen LogP contribution is -2.48. The highest BCUT2D eigenvalue weighted by Crippen LogP contribution is 2.29. The van der Waals surface area contributed by atoms with Crippen molar-refractivity contribution in [3.63, 3.8) is 0 Å². The van der Waals surface area contributed by atoms with Crippen LogP contribution >= 0.6 is 11.6 Å². The Balaban J connectivity index is 0.00000141. The summed E-state index contributed by atoms with van der Waals surface area (Å²) < 4.78 is 30.0. The molecular weight excluding hydrogens is 472 g/mol. The van der Waals surface area contributed by atoms with E-state index in [0.29, 0.717) is 17.4 Å². The van der Waals surface area contributed by atoms with E-state index < -0.39 is 22.9 Å². The van der Waals surface area contributed by atoms with E-state index in [1.165, 1.54) is 31.0 Å². The number of pyridine rings is 1. The maximum absolute atomic E-state index is 14.6. The van der Waals surface area contributed by atoms with E-state index in [0.717, 1.165) is 61.6 Å². The summed E-state index contributed by atoms with van der Waals surface area (Å²) in [6.45, 7) is 10.1. The number of nitrogens with zero attached hydrogens (tertiary/aromatic N) is 5. The first-order chi connectivity index (χ1) is 16.9. The number of para-hydroxylation sites is 1. The molecule has 0 saturated carbocycles. The van der Waals surface area contributed by atoms with Crippen molar-refractivity contribution in [1.29, 1.82) is 0 Å². The van der Waals surface area contributed by atoms with Gasteiger partial charge in [-0.1, -0.05) is 38.4 Å². The molecule has 0 spiro atoms. The number of anilines is 1. The zero-order valence-electron chi connectivity index (χ0n) is 20.5. The van der Waals surface area contributed by atoms with Crippen molar-refractivity contribution < 1.29 is 8.78 Å². The smallest absolute Gasteiger partial charge is 0.256 e. The Morgan fingerprint density at radius 3 is 2.17 bits per heavy atom. The number of hydrogen-bond donors (Lipinski definition) is 0. The fourth-order valence-electron chi connectivity index (χ4n) is 4.95. The second-order valence-electron chi connectivity index (χ2n) is 9.07. The molecule has 2 saturated heterocycles. The molecule has 2 aromatic heterocycles. The molecule has 0 atom stereocenters. The summed E-state index contributed by atoms with van der Waals surface area (Å²) in [5.74, 6) is -0.532. The quantitative estimate of drug-likeness (QED) is 0.445. The fourth-order valence-corrected chi connectivity index (χ4v) is 5.18. The van der Waals surface area contributed by atoms with Crippen LogP contribution in [0.15, 0.2) is 35.1 Å². The first-order valence-electron chi connectivity index (χ1n) is 12.4. The van der Waals surface area contributed by atoms with Crippen LogP contribution in [0.5, 0.6) is 0 Å². The van der Waals surface area contributed by atoms with Gasteiger partial charge in [0.2, 0.25) is 5.95 Å². The standard InChI is InChI=1S/C24H26ClF2N5O.C2H6/c1-15-7-11-30(12-8-15)16-9-13-31(14-10-16)24-28-22(25)17-5-6-20(33)32(23(17)29-24)21-18(26)3-2-4-19(21)27;1-2/h2-6,15-16H,7-14H2,1H3;1-2H3. The van der Waals surface area contributed by atoms with Gasteiger partial charge in [-0.25, -0.2) is 13.8 Å². The Morgan fingerprint density at radius 1 is 0.914 bits per heavy atom. The van der Waals surface area contributed by atoms with Crippen molar-refractivity contribution in [2.24, 2.45) is 5.92 Å². The van der Waals surface area contributed by atoms with Crippen LogP contribution in [0, 0.1) is 17.6 Å². The van der Waals surface area contributed by atoms with Crippen molar-refractivity contribution in [3.05, 3.63) is 57.5 Å². The largest absolute Gasteiger partial charge is 0.341 e. The lowest BCUT2D eigenvalue weighted by Gasteiger charge is -2.41. The van der Waals surface area contributed by atoms with Crippen molar-refractivity contribution >= 4 is 28.6 Å². The maximum atomic E-state index is 14.6. The number of rotatable bonds is 3. The van der Waals surface area contributed by atoms with E-state index in [2.05, 4.69) is 21.8 Å². The predicted octanol–water partition coefficient (Wildman–Crippen LogP) is 5.44. The van der Waals surface area contributed by atoms with Crippen molar-refractivity contribution in [2.45, 2.75) is 52.5 Å². The van der Waals surface area contributed by atoms with Gasteiger partial charge in [0.05, 0.1) is 5.39 Å². The Morgan fingerprint density at radius 2 is 1.54 bits per heavy atom. The molecule has 0 N–H and O–H groups in total. The maximum Gasteiger partial charge on any atom is 0.256 e. The molecule has 0 radical (unpaired) electrons. The first kappa shape index (κ1) is 25.5. The van der Waals surface area contributed by atoms with Gasteiger partial charge >= 0.3 is 0 Å². The SMILES string of the molecule is CC.CC1CCN(C2CCN(c3nc(Cl)c4ccc(=O)n(-c5c(F)cccc5F)c4n3)CC2)CC1. The molecule has 3 aromatic rings. The van der Waals surface area contributed by atoms with Crippen LogP contribution in [-0.4, -0.2) is 51.7 Å². The number of fused-ring (bicyclic) bond motifs is 1. The summed E-state index contributed by atoms with van der Waals surface area (Å²) in [6.07, 6.45) is 4.45. The third-order valence-corrected chi connectivity index (χ3v) is 7.22. The second kappa shape index (κ2) is 11.0. The lowest BCUT2D eigenvalue weighted by atomic mass is 9.95. The molecule has 2 aliphatic heterocycles. The monoisotopic (exact) mass is 503 g/mol. The lowest BCUT2D eigenvalue weighted by molar-refractivity contribution is 0.120. The highest BCUT2D eigenvalue weighted by atomic mass is 35.5. The van der Waals surface area contributed by atoms with Gasteiger partial charge in [-0.05, 0) is 62.9 Å². The predicted molar refractivity (Wildman–Crippen MR) is 137 cm³/mol. The van der Waals surface area contributed by atoms with Crippen LogP contribution < -0.4 is 10.5 Å². The summed E-state index contributed by atoms with van der Waals surface area (Å²) in [5.41, 5.74) is -0.967. The van der Waals surface area contributed by atoms with E-state index in [1.54, 1.807) is 0 Å². The highest BCUT2D eigenvalue weighted by molar-refractivity contribution is 6.34. The molecule has 0 amide bonds. The minimum absolute atomic E-state index is 0.0913. The van der Waals surface area contributed by atoms with E-state index in [9.17, 15) is 13.6 Å². The van der Waals surface area contributed by atoms with Gasteiger partial charge in [0.1, 0.15) is 22.5 Å². The summed E-state index contributed by atoms with van der Waals surface area (Å²) >= 11 is 6.45. The first-order valence-corrected chi connectivity index (χ1v) is 12.8. The normalized spacial score (nSPS) is 17.9. The molecule has 0 bridgehead atoms. The molecule has 5 rings (SSSR count). The molecule has 9 heteroatoms. The number of halogens is 3. The third-order valence-electron chi connectivity index (χ3n) is 6.94. The van der Waals surface area contributed by atoms with Crippen LogP contribution in [0.3, 0.4) is 0 Å². The fraction of sp³-hybridized carbons (Fsp3) is 0.500. The van der Waals surface area contributed by atoms with Gasteiger partial charge < -0.3 is 9.80 Å². The molecule has 0 unspecified atom stereocenters. The van der Waals surface area contributed by atoms with Gasteiger partial charge in [-0.3, -0.25) is 9.36 Å². The molecular formula is C26H32ClF2N5O. The average molecular weight is 504 g/mol. The number of likely N-dealkylation sites (tertiary alicyclic amines) is 1. The van der Waals surface area contributed by atoms with E-state index in [1.807, 2.05) is 18.7 Å². The summed E-state index contributed by atoms with van der Waals surface area (Å²) in [4.78, 5) is 26.3. The van der Waals surface area contributed by atoms with Crippen LogP contribution in [0.2, 0.25) is 5.15 Å². The zero-order valence-corrected chi connectivity index (χ0v) is 21.2. The van der Waals surface area contributed by atoms with Gasteiger partial charge in [-0.2, -0.15) is 4.98 Å². The minimum atomic E-state index is -0.849. The highest BCUT2D eigenvalue weighted by Gasteiger charge is 2.28. The topological polar surface area (TPSA) is 54.3 Å². The Labute approximate surface area is 209 Å². The third kappa shape index (κ3) is 5.19. The van der Waals surface area contributed by atoms with E-state index in [4.69, 9.17) is 11.6 Å². The number of benzene rings is 1. The zero-order chi connectivity index (χ0) is 25.1. The molecule has 2 fully saturated rings.